The van der Waals surface area contributed by atoms with Gasteiger partial charge in [0.1, 0.15) is 5.82 Å². The van der Waals surface area contributed by atoms with E-state index in [1.54, 1.807) is 13.0 Å². The SMILES string of the molecule is Cc1ccc(NCc2ccc(C)c(F)c2)cc1C. The summed E-state index contributed by atoms with van der Waals surface area (Å²) in [5, 5.41) is 3.31. The third-order valence-electron chi connectivity index (χ3n) is 3.24. The Hall–Kier alpha value is -1.83. The normalized spacial score (nSPS) is 10.4. The number of aryl methyl sites for hydroxylation is 3. The fourth-order valence-electron chi connectivity index (χ4n) is 1.80. The van der Waals surface area contributed by atoms with Crippen LogP contribution in [0.3, 0.4) is 0 Å². The zero-order chi connectivity index (χ0) is 13.1. The lowest BCUT2D eigenvalue weighted by molar-refractivity contribution is 0.616. The fraction of sp³-hybridized carbons (Fsp3) is 0.250. The van der Waals surface area contributed by atoms with Crippen molar-refractivity contribution >= 4 is 5.69 Å². The van der Waals surface area contributed by atoms with Crippen molar-refractivity contribution < 1.29 is 4.39 Å². The van der Waals surface area contributed by atoms with Crippen molar-refractivity contribution in [2.24, 2.45) is 0 Å². The first-order valence-corrected chi connectivity index (χ1v) is 6.12. The number of anilines is 1. The molecule has 0 saturated carbocycles. The minimum atomic E-state index is -0.144. The highest BCUT2D eigenvalue weighted by atomic mass is 19.1. The van der Waals surface area contributed by atoms with Crippen LogP contribution in [-0.2, 0) is 6.54 Å². The molecule has 0 aliphatic rings. The summed E-state index contributed by atoms with van der Waals surface area (Å²) in [5.74, 6) is -0.144. The van der Waals surface area contributed by atoms with Crippen LogP contribution in [0.25, 0.3) is 0 Å². The molecule has 0 aliphatic heterocycles. The summed E-state index contributed by atoms with van der Waals surface area (Å²) in [5.41, 5.74) is 5.25. The first kappa shape index (κ1) is 12.6. The van der Waals surface area contributed by atoms with Gasteiger partial charge >= 0.3 is 0 Å². The van der Waals surface area contributed by atoms with Crippen LogP contribution in [0.4, 0.5) is 10.1 Å². The molecule has 2 aromatic carbocycles. The van der Waals surface area contributed by atoms with Crippen molar-refractivity contribution in [1.82, 2.24) is 0 Å². The molecule has 0 heterocycles. The molecule has 0 aliphatic carbocycles. The van der Waals surface area contributed by atoms with Crippen molar-refractivity contribution in [3.8, 4) is 0 Å². The molecule has 2 rings (SSSR count). The van der Waals surface area contributed by atoms with Gasteiger partial charge in [-0.05, 0) is 61.2 Å². The van der Waals surface area contributed by atoms with Gasteiger partial charge < -0.3 is 5.32 Å². The number of hydrogen-bond donors (Lipinski definition) is 1. The Kier molecular flexibility index (Phi) is 3.66. The zero-order valence-electron chi connectivity index (χ0n) is 11.0. The number of hydrogen-bond acceptors (Lipinski definition) is 1. The minimum absolute atomic E-state index is 0.144. The molecule has 0 atom stereocenters. The molecule has 94 valence electrons. The predicted molar refractivity (Wildman–Crippen MR) is 74.4 cm³/mol. The van der Waals surface area contributed by atoms with E-state index in [0.717, 1.165) is 11.3 Å². The van der Waals surface area contributed by atoms with Crippen LogP contribution >= 0.6 is 0 Å². The number of benzene rings is 2. The van der Waals surface area contributed by atoms with Gasteiger partial charge in [0.2, 0.25) is 0 Å². The highest BCUT2D eigenvalue weighted by molar-refractivity contribution is 5.48. The van der Waals surface area contributed by atoms with Crippen LogP contribution in [0.1, 0.15) is 22.3 Å². The standard InChI is InChI=1S/C16H18FN/c1-11-5-7-15(8-13(11)3)18-10-14-6-4-12(2)16(17)9-14/h4-9,18H,10H2,1-3H3. The summed E-state index contributed by atoms with van der Waals surface area (Å²) in [6.07, 6.45) is 0. The third kappa shape index (κ3) is 2.89. The maximum atomic E-state index is 13.4. The maximum Gasteiger partial charge on any atom is 0.126 e. The Morgan fingerprint density at radius 1 is 0.889 bits per heavy atom. The van der Waals surface area contributed by atoms with Crippen LogP contribution in [0.15, 0.2) is 36.4 Å². The van der Waals surface area contributed by atoms with E-state index in [2.05, 4.69) is 31.3 Å². The Bertz CT molecular complexity index is 510. The second kappa shape index (κ2) is 5.21. The monoisotopic (exact) mass is 243 g/mol. The molecule has 0 unspecified atom stereocenters. The molecule has 1 nitrogen and oxygen atoms in total. The quantitative estimate of drug-likeness (QED) is 0.844. The van der Waals surface area contributed by atoms with Crippen molar-refractivity contribution in [2.75, 3.05) is 5.32 Å². The van der Waals surface area contributed by atoms with Crippen molar-refractivity contribution in [3.63, 3.8) is 0 Å². The van der Waals surface area contributed by atoms with Crippen LogP contribution in [-0.4, -0.2) is 0 Å². The van der Waals surface area contributed by atoms with Crippen molar-refractivity contribution in [3.05, 3.63) is 64.5 Å². The van der Waals surface area contributed by atoms with Gasteiger partial charge in [-0.1, -0.05) is 18.2 Å². The second-order valence-electron chi connectivity index (χ2n) is 4.74. The first-order valence-electron chi connectivity index (χ1n) is 6.12. The smallest absolute Gasteiger partial charge is 0.126 e. The molecule has 0 aromatic heterocycles. The number of rotatable bonds is 3. The van der Waals surface area contributed by atoms with E-state index in [-0.39, 0.29) is 5.82 Å². The molecule has 0 bridgehead atoms. The summed E-state index contributed by atoms with van der Waals surface area (Å²) in [4.78, 5) is 0. The minimum Gasteiger partial charge on any atom is -0.381 e. The summed E-state index contributed by atoms with van der Waals surface area (Å²) in [6.45, 7) is 6.59. The van der Waals surface area contributed by atoms with E-state index < -0.39 is 0 Å². The fourth-order valence-corrected chi connectivity index (χ4v) is 1.80. The molecule has 0 fully saturated rings. The lowest BCUT2D eigenvalue weighted by Crippen LogP contribution is -2.00. The Labute approximate surface area is 108 Å². The average Bonchev–Trinajstić information content (AvgIpc) is 2.35. The van der Waals surface area contributed by atoms with Gasteiger partial charge in [0, 0.05) is 12.2 Å². The molecule has 0 amide bonds. The average molecular weight is 243 g/mol. The van der Waals surface area contributed by atoms with E-state index in [9.17, 15) is 4.39 Å². The van der Waals surface area contributed by atoms with E-state index in [4.69, 9.17) is 0 Å². The molecule has 18 heavy (non-hydrogen) atoms. The Balaban J connectivity index is 2.06. The van der Waals surface area contributed by atoms with Crippen molar-refractivity contribution in [1.29, 1.82) is 0 Å². The maximum absolute atomic E-state index is 13.4. The van der Waals surface area contributed by atoms with E-state index in [1.165, 1.54) is 11.1 Å². The molecule has 0 saturated heterocycles. The predicted octanol–water partition coefficient (Wildman–Crippen LogP) is 4.36. The largest absolute Gasteiger partial charge is 0.381 e. The van der Waals surface area contributed by atoms with Crippen LogP contribution in [0.5, 0.6) is 0 Å². The Morgan fingerprint density at radius 2 is 1.61 bits per heavy atom. The van der Waals surface area contributed by atoms with Crippen LogP contribution in [0, 0.1) is 26.6 Å². The zero-order valence-corrected chi connectivity index (χ0v) is 11.0. The lowest BCUT2D eigenvalue weighted by atomic mass is 10.1. The molecule has 0 spiro atoms. The molecule has 2 heteroatoms. The second-order valence-corrected chi connectivity index (χ2v) is 4.74. The number of nitrogens with one attached hydrogen (secondary N) is 1. The summed E-state index contributed by atoms with van der Waals surface area (Å²) in [6, 6.07) is 11.6. The highest BCUT2D eigenvalue weighted by Gasteiger charge is 2.00. The third-order valence-corrected chi connectivity index (χ3v) is 3.24. The van der Waals surface area contributed by atoms with Gasteiger partial charge in [-0.3, -0.25) is 0 Å². The summed E-state index contributed by atoms with van der Waals surface area (Å²) < 4.78 is 13.4. The topological polar surface area (TPSA) is 12.0 Å². The first-order chi connectivity index (χ1) is 8.56. The molecule has 1 N–H and O–H groups in total. The molecular weight excluding hydrogens is 225 g/mol. The van der Waals surface area contributed by atoms with E-state index >= 15 is 0 Å². The van der Waals surface area contributed by atoms with Gasteiger partial charge in [0.25, 0.3) is 0 Å². The molecule has 0 radical (unpaired) electrons. The lowest BCUT2D eigenvalue weighted by Gasteiger charge is -2.09. The molecule has 2 aromatic rings. The highest BCUT2D eigenvalue weighted by Crippen LogP contribution is 2.16. The van der Waals surface area contributed by atoms with Gasteiger partial charge in [-0.15, -0.1) is 0 Å². The van der Waals surface area contributed by atoms with E-state index in [0.29, 0.717) is 12.1 Å². The van der Waals surface area contributed by atoms with Gasteiger partial charge in [-0.2, -0.15) is 0 Å². The van der Waals surface area contributed by atoms with Crippen LogP contribution in [0.2, 0.25) is 0 Å². The van der Waals surface area contributed by atoms with E-state index in [1.807, 2.05) is 18.2 Å². The summed E-state index contributed by atoms with van der Waals surface area (Å²) >= 11 is 0. The van der Waals surface area contributed by atoms with Crippen molar-refractivity contribution in [2.45, 2.75) is 27.3 Å². The van der Waals surface area contributed by atoms with Gasteiger partial charge in [0.15, 0.2) is 0 Å². The van der Waals surface area contributed by atoms with Gasteiger partial charge in [0.05, 0.1) is 0 Å². The van der Waals surface area contributed by atoms with Gasteiger partial charge in [-0.25, -0.2) is 4.39 Å². The Morgan fingerprint density at radius 3 is 2.28 bits per heavy atom. The molecular formula is C16H18FN. The number of halogens is 1. The summed E-state index contributed by atoms with van der Waals surface area (Å²) in [7, 11) is 0. The van der Waals surface area contributed by atoms with Crippen LogP contribution < -0.4 is 5.32 Å².